The van der Waals surface area contributed by atoms with Gasteiger partial charge in [0.05, 0.1) is 10.9 Å². The van der Waals surface area contributed by atoms with Gasteiger partial charge in [0.25, 0.3) is 0 Å². The summed E-state index contributed by atoms with van der Waals surface area (Å²) in [7, 11) is -3.73. The summed E-state index contributed by atoms with van der Waals surface area (Å²) < 4.78 is 40.7. The Kier molecular flexibility index (Phi) is 6.01. The van der Waals surface area contributed by atoms with Gasteiger partial charge in [-0.1, -0.05) is 32.9 Å². The fraction of sp³-hybridized carbons (Fsp3) is 0.412. The first-order valence-corrected chi connectivity index (χ1v) is 9.33. The lowest BCUT2D eigenvalue weighted by atomic mass is 9.96. The maximum Gasteiger partial charge on any atom is 0.241 e. The zero-order chi connectivity index (χ0) is 17.7. The predicted octanol–water partition coefficient (Wildman–Crippen LogP) is 3.18. The molecule has 0 bridgehead atoms. The average Bonchev–Trinajstić information content (AvgIpc) is 2.59. The second-order valence-electron chi connectivity index (χ2n) is 5.90. The molecule has 1 N–H and O–H groups in total. The van der Waals surface area contributed by atoms with Gasteiger partial charge in [-0.05, 0) is 30.0 Å². The number of rotatable bonds is 7. The molecule has 1 aromatic carbocycles. The van der Waals surface area contributed by atoms with Crippen LogP contribution in [-0.2, 0) is 23.1 Å². The molecule has 0 aliphatic carbocycles. The Morgan fingerprint density at radius 2 is 1.88 bits per heavy atom. The van der Waals surface area contributed by atoms with Crippen LogP contribution in [0.15, 0.2) is 41.7 Å². The third-order valence-corrected chi connectivity index (χ3v) is 5.29. The molecule has 1 atom stereocenters. The van der Waals surface area contributed by atoms with Crippen molar-refractivity contribution in [2.75, 3.05) is 0 Å². The lowest BCUT2D eigenvalue weighted by Gasteiger charge is -2.24. The van der Waals surface area contributed by atoms with Crippen molar-refractivity contribution in [2.45, 2.75) is 44.8 Å². The van der Waals surface area contributed by atoms with Crippen molar-refractivity contribution in [3.8, 4) is 0 Å². The Hall–Kier alpha value is -1.86. The zero-order valence-corrected chi connectivity index (χ0v) is 14.8. The molecule has 0 radical (unpaired) electrons. The maximum atomic E-state index is 12.7. The van der Waals surface area contributed by atoms with E-state index in [1.807, 2.05) is 20.8 Å². The molecule has 0 amide bonds. The molecule has 0 aliphatic rings. The summed E-state index contributed by atoms with van der Waals surface area (Å²) in [6, 6.07) is 5.34. The van der Waals surface area contributed by atoms with Crippen LogP contribution >= 0.6 is 0 Å². The average molecular weight is 351 g/mol. The highest BCUT2D eigenvalue weighted by Gasteiger charge is 2.26. The van der Waals surface area contributed by atoms with Gasteiger partial charge >= 0.3 is 0 Å². The van der Waals surface area contributed by atoms with E-state index in [0.29, 0.717) is 12.0 Å². The first-order chi connectivity index (χ1) is 11.4. The first kappa shape index (κ1) is 18.5. The Morgan fingerprint density at radius 3 is 2.42 bits per heavy atom. The number of nitrogens with one attached hydrogen (secondary N) is 1. The van der Waals surface area contributed by atoms with Gasteiger partial charge in [0.2, 0.25) is 10.0 Å². The number of aryl methyl sites for hydroxylation is 1. The van der Waals surface area contributed by atoms with E-state index in [4.69, 9.17) is 0 Å². The van der Waals surface area contributed by atoms with Crippen LogP contribution in [0, 0.1) is 5.92 Å². The Morgan fingerprint density at radius 1 is 1.21 bits per heavy atom. The molecule has 24 heavy (non-hydrogen) atoms. The third-order valence-electron chi connectivity index (χ3n) is 3.83. The van der Waals surface area contributed by atoms with Crippen LogP contribution in [-0.4, -0.2) is 18.4 Å². The molecule has 5 nitrogen and oxygen atoms in total. The van der Waals surface area contributed by atoms with Crippen LogP contribution in [0.2, 0.25) is 0 Å². The molecule has 1 aromatic heterocycles. The van der Waals surface area contributed by atoms with Gasteiger partial charge < -0.3 is 0 Å². The number of hydrogen-bond acceptors (Lipinski definition) is 4. The molecule has 7 heteroatoms. The van der Waals surface area contributed by atoms with Gasteiger partial charge in [0.1, 0.15) is 13.0 Å². The van der Waals surface area contributed by atoms with E-state index in [2.05, 4.69) is 14.7 Å². The second-order valence-corrected chi connectivity index (χ2v) is 7.61. The van der Waals surface area contributed by atoms with Crippen molar-refractivity contribution in [1.82, 2.24) is 14.7 Å². The molecule has 130 valence electrons. The highest BCUT2D eigenvalue weighted by atomic mass is 32.2. The lowest BCUT2D eigenvalue weighted by Crippen LogP contribution is -2.32. The molecule has 0 spiro atoms. The standard InChI is InChI=1S/C17H22FN3O2S/c1-4-16-15(10-19-11-20-16)17(12(2)3)21-24(22,23)14-7-5-13(9-18)6-8-14/h5-8,10-12,17,21H,4,9H2,1-3H3. The van der Waals surface area contributed by atoms with Crippen molar-refractivity contribution < 1.29 is 12.8 Å². The minimum Gasteiger partial charge on any atom is -0.246 e. The molecule has 2 aromatic rings. The number of aromatic nitrogens is 2. The Balaban J connectivity index is 2.35. The zero-order valence-electron chi connectivity index (χ0n) is 14.0. The molecule has 0 saturated heterocycles. The van der Waals surface area contributed by atoms with Crippen molar-refractivity contribution >= 4 is 10.0 Å². The third kappa shape index (κ3) is 4.15. The molecule has 1 unspecified atom stereocenters. The van der Waals surface area contributed by atoms with E-state index in [9.17, 15) is 12.8 Å². The van der Waals surface area contributed by atoms with E-state index in [0.717, 1.165) is 11.3 Å². The summed E-state index contributed by atoms with van der Waals surface area (Å²) in [6.45, 7) is 5.22. The van der Waals surface area contributed by atoms with Gasteiger partial charge in [-0.15, -0.1) is 0 Å². The molecular formula is C17H22FN3O2S. The lowest BCUT2D eigenvalue weighted by molar-refractivity contribution is 0.457. The van der Waals surface area contributed by atoms with Gasteiger partial charge in [0, 0.05) is 17.5 Å². The van der Waals surface area contributed by atoms with Gasteiger partial charge in [0.15, 0.2) is 0 Å². The Labute approximate surface area is 142 Å². The first-order valence-electron chi connectivity index (χ1n) is 7.85. The van der Waals surface area contributed by atoms with Crippen LogP contribution in [0.25, 0.3) is 0 Å². The molecule has 1 heterocycles. The summed E-state index contributed by atoms with van der Waals surface area (Å²) >= 11 is 0. The topological polar surface area (TPSA) is 72.0 Å². The summed E-state index contributed by atoms with van der Waals surface area (Å²) in [5, 5.41) is 0. The van der Waals surface area contributed by atoms with Gasteiger partial charge in [-0.25, -0.2) is 27.5 Å². The van der Waals surface area contributed by atoms with Gasteiger partial charge in [-0.3, -0.25) is 0 Å². The van der Waals surface area contributed by atoms with Gasteiger partial charge in [-0.2, -0.15) is 0 Å². The largest absolute Gasteiger partial charge is 0.246 e. The summed E-state index contributed by atoms with van der Waals surface area (Å²) in [5.41, 5.74) is 2.04. The van der Waals surface area contributed by atoms with Crippen molar-refractivity contribution in [3.05, 3.63) is 53.6 Å². The van der Waals surface area contributed by atoms with E-state index in [1.54, 1.807) is 6.20 Å². The summed E-state index contributed by atoms with van der Waals surface area (Å²) in [6.07, 6.45) is 3.81. The van der Waals surface area contributed by atoms with Crippen molar-refractivity contribution in [2.24, 2.45) is 5.92 Å². The van der Waals surface area contributed by atoms with E-state index >= 15 is 0 Å². The number of halogens is 1. The van der Waals surface area contributed by atoms with Crippen LogP contribution in [0.1, 0.15) is 43.6 Å². The monoisotopic (exact) mass is 351 g/mol. The normalized spacial score (nSPS) is 13.2. The molecule has 0 aliphatic heterocycles. The molecule has 2 rings (SSSR count). The fourth-order valence-electron chi connectivity index (χ4n) is 2.47. The minimum atomic E-state index is -3.73. The van der Waals surface area contributed by atoms with E-state index < -0.39 is 22.7 Å². The summed E-state index contributed by atoms with van der Waals surface area (Å²) in [4.78, 5) is 8.38. The van der Waals surface area contributed by atoms with Crippen LogP contribution in [0.4, 0.5) is 4.39 Å². The smallest absolute Gasteiger partial charge is 0.241 e. The molecular weight excluding hydrogens is 329 g/mol. The van der Waals surface area contributed by atoms with Crippen LogP contribution < -0.4 is 4.72 Å². The predicted molar refractivity (Wildman–Crippen MR) is 90.6 cm³/mol. The van der Waals surface area contributed by atoms with Crippen molar-refractivity contribution in [3.63, 3.8) is 0 Å². The number of nitrogens with zero attached hydrogens (tertiary/aromatic N) is 2. The number of sulfonamides is 1. The van der Waals surface area contributed by atoms with Crippen molar-refractivity contribution in [1.29, 1.82) is 0 Å². The second kappa shape index (κ2) is 7.81. The highest BCUT2D eigenvalue weighted by molar-refractivity contribution is 7.89. The van der Waals surface area contributed by atoms with E-state index in [-0.39, 0.29) is 10.8 Å². The molecule has 0 saturated carbocycles. The number of benzene rings is 1. The maximum absolute atomic E-state index is 12.7. The molecule has 0 fully saturated rings. The number of hydrogen-bond donors (Lipinski definition) is 1. The SMILES string of the molecule is CCc1ncncc1C(NS(=O)(=O)c1ccc(CF)cc1)C(C)C. The quantitative estimate of drug-likeness (QED) is 0.831. The van der Waals surface area contributed by atoms with E-state index in [1.165, 1.54) is 30.6 Å². The van der Waals surface area contributed by atoms with Crippen LogP contribution in [0.5, 0.6) is 0 Å². The fourth-order valence-corrected chi connectivity index (χ4v) is 3.84. The van der Waals surface area contributed by atoms with Crippen LogP contribution in [0.3, 0.4) is 0 Å². The number of alkyl halides is 1. The minimum absolute atomic E-state index is 0.0150. The summed E-state index contributed by atoms with van der Waals surface area (Å²) in [5.74, 6) is 0.0150. The Bertz CT molecular complexity index is 777. The highest BCUT2D eigenvalue weighted by Crippen LogP contribution is 2.26.